The van der Waals surface area contributed by atoms with Crippen LogP contribution in [0.2, 0.25) is 0 Å². The van der Waals surface area contributed by atoms with Gasteiger partial charge in [-0.15, -0.1) is 0 Å². The second-order valence-electron chi connectivity index (χ2n) is 22.1. The summed E-state index contributed by atoms with van der Waals surface area (Å²) in [6, 6.07) is 33.2. The van der Waals surface area contributed by atoms with E-state index >= 15 is 0 Å². The van der Waals surface area contributed by atoms with E-state index in [0.717, 1.165) is 5.76 Å². The number of ether oxygens (including phenoxy) is 14. The minimum absolute atomic E-state index is 0.00466. The molecule has 0 spiro atoms. The summed E-state index contributed by atoms with van der Waals surface area (Å²) in [4.78, 5) is 58.2. The minimum Gasteiger partial charge on any atom is -0.464 e. The van der Waals surface area contributed by atoms with Gasteiger partial charge >= 0.3 is 23.9 Å². The van der Waals surface area contributed by atoms with Crippen LogP contribution in [-0.2, 0) is 66.3 Å². The molecule has 0 bridgehead atoms. The molecule has 5 aliphatic rings. The van der Waals surface area contributed by atoms with Gasteiger partial charge in [0.25, 0.3) is 0 Å². The summed E-state index contributed by atoms with van der Waals surface area (Å²) in [6.45, 7) is 11.9. The van der Waals surface area contributed by atoms with Crippen molar-refractivity contribution in [1.29, 1.82) is 0 Å². The van der Waals surface area contributed by atoms with E-state index in [1.807, 2.05) is 60.7 Å². The zero-order chi connectivity index (χ0) is 74.3. The number of carbonyl (C=O) groups is 5. The molecule has 564 valence electrons. The van der Waals surface area contributed by atoms with Gasteiger partial charge in [0.15, 0.2) is 86.9 Å². The molecule has 105 heavy (non-hydrogen) atoms. The largest absolute Gasteiger partial charge is 0.464 e. The molecule has 0 aromatic carbocycles. The van der Waals surface area contributed by atoms with Crippen LogP contribution in [0.4, 0.5) is 0 Å². The first-order valence-electron chi connectivity index (χ1n) is 32.8. The SMILES string of the molecule is CC(C)OC(=O)c1ccc(-c2ccc(C(=O)OCCOC(=O)c3ccc(-c4ccc(C(=O)OC(C)C)o4)o3)o2)o1.O=Cc1ccco1.OCCO.OCCO.c1cc(C2OCCO2)oc1-c1ccc(C2OCCO2)o1.c1cc(C2OCCO2)oc1-c1ccc(C2OCCO2)o1.c1coc(C2OCCO2)c1. The van der Waals surface area contributed by atoms with Crippen molar-refractivity contribution < 1.29 is 155 Å². The monoisotopic (exact) mass is 1470 g/mol. The first-order chi connectivity index (χ1) is 51.1. The van der Waals surface area contributed by atoms with Crippen LogP contribution in [0, 0.1) is 0 Å². The molecule has 33 nitrogen and oxygen atoms in total. The Balaban J connectivity index is 0.000000164. The van der Waals surface area contributed by atoms with Crippen LogP contribution in [0.1, 0.15) is 141 Å². The van der Waals surface area contributed by atoms with E-state index in [2.05, 4.69) is 4.42 Å². The molecular weight excluding hydrogens is 1390 g/mol. The van der Waals surface area contributed by atoms with Gasteiger partial charge in [0, 0.05) is 0 Å². The fourth-order valence-electron chi connectivity index (χ4n) is 9.12. The average Bonchev–Trinajstić information content (AvgIpc) is 1.70. The van der Waals surface area contributed by atoms with Gasteiger partial charge in [-0.1, -0.05) is 0 Å². The molecule has 5 aliphatic heterocycles. The number of aldehydes is 1. The zero-order valence-electron chi connectivity index (χ0n) is 57.3. The van der Waals surface area contributed by atoms with Crippen molar-refractivity contribution in [3.05, 3.63) is 191 Å². The van der Waals surface area contributed by atoms with Crippen molar-refractivity contribution in [2.24, 2.45) is 0 Å². The molecule has 10 aromatic rings. The molecule has 0 atom stereocenters. The van der Waals surface area contributed by atoms with E-state index in [0.29, 0.717) is 124 Å². The van der Waals surface area contributed by atoms with Gasteiger partial charge in [-0.2, -0.15) is 0 Å². The maximum atomic E-state index is 12.3. The van der Waals surface area contributed by atoms with Crippen molar-refractivity contribution in [2.75, 3.05) is 106 Å². The standard InChI is InChI=1S/C28H26O12.2C14H14O6.C7H8O3.C5H4O2.2C2H6O2/c1-15(2)35-27(31)23-11-7-19(39-23)17-5-9-21(37-17)25(29)33-13-14-34-26(30)22-10-6-18(38-22)20-8-12-24(40-20)28(32)36-16(3)4;2*1-3-11(13-15-5-6-16-13)19-9(1)10-2-4-12(20-10)14-17-7-8-18-14;1-2-6(8-3-1)7-9-4-5-10-7;6-4-5-2-1-3-7-5;2*3-1-2-4/h5-12,15-16H,13-14H2,1-4H3;2*1-4,13-14H,5-8H2;1-3,7H,4-5H2;1-4H;2*3-4H,1-2H2. The van der Waals surface area contributed by atoms with E-state index in [9.17, 15) is 24.0 Å². The lowest BCUT2D eigenvalue weighted by atomic mass is 10.3. The molecule has 0 aliphatic carbocycles. The Bertz CT molecular complexity index is 3780. The normalized spacial score (nSPS) is 15.3. The van der Waals surface area contributed by atoms with Gasteiger partial charge in [-0.05, 0) is 149 Å². The van der Waals surface area contributed by atoms with Gasteiger partial charge in [0.05, 0.1) is 117 Å². The Labute approximate surface area is 597 Å². The number of furan rings is 10. The first-order valence-corrected chi connectivity index (χ1v) is 32.8. The average molecular weight is 1470 g/mol. The van der Waals surface area contributed by atoms with Crippen molar-refractivity contribution in [3.63, 3.8) is 0 Å². The van der Waals surface area contributed by atoms with E-state index in [-0.39, 0.29) is 104 Å². The predicted molar refractivity (Wildman–Crippen MR) is 352 cm³/mol. The van der Waals surface area contributed by atoms with Crippen LogP contribution in [0.25, 0.3) is 46.1 Å². The summed E-state index contributed by atoms with van der Waals surface area (Å²) in [7, 11) is 0. The van der Waals surface area contributed by atoms with Crippen LogP contribution < -0.4 is 0 Å². The molecule has 4 N–H and O–H groups in total. The van der Waals surface area contributed by atoms with Crippen molar-refractivity contribution in [3.8, 4) is 46.1 Å². The lowest BCUT2D eigenvalue weighted by molar-refractivity contribution is -0.0597. The van der Waals surface area contributed by atoms with Crippen molar-refractivity contribution in [2.45, 2.75) is 71.4 Å². The van der Waals surface area contributed by atoms with E-state index in [1.54, 1.807) is 46.1 Å². The molecule has 0 amide bonds. The lowest BCUT2D eigenvalue weighted by Crippen LogP contribution is -2.13. The third-order valence-corrected chi connectivity index (χ3v) is 13.6. The number of hydrogen-bond donors (Lipinski definition) is 4. The zero-order valence-corrected chi connectivity index (χ0v) is 57.3. The fourth-order valence-corrected chi connectivity index (χ4v) is 9.12. The predicted octanol–water partition coefficient (Wildman–Crippen LogP) is 11.2. The van der Waals surface area contributed by atoms with Crippen LogP contribution in [-0.4, -0.2) is 169 Å². The Hall–Kier alpha value is -10.2. The van der Waals surface area contributed by atoms with E-state index < -0.39 is 49.0 Å². The Morgan fingerprint density at radius 2 is 0.600 bits per heavy atom. The maximum Gasteiger partial charge on any atom is 0.374 e. The highest BCUT2D eigenvalue weighted by atomic mass is 16.7. The molecule has 15 heterocycles. The van der Waals surface area contributed by atoms with E-state index in [4.69, 9.17) is 126 Å². The lowest BCUT2D eigenvalue weighted by Gasteiger charge is -2.05. The minimum atomic E-state index is -0.793. The fraction of sp³-hybridized carbons (Fsp3) is 0.375. The van der Waals surface area contributed by atoms with Crippen LogP contribution in [0.3, 0.4) is 0 Å². The highest BCUT2D eigenvalue weighted by Crippen LogP contribution is 2.36. The van der Waals surface area contributed by atoms with Gasteiger partial charge in [0.1, 0.15) is 13.2 Å². The highest BCUT2D eigenvalue weighted by molar-refractivity contribution is 5.89. The van der Waals surface area contributed by atoms with Crippen LogP contribution in [0.15, 0.2) is 178 Å². The second-order valence-corrected chi connectivity index (χ2v) is 22.1. The molecule has 33 heteroatoms. The molecule has 15 rings (SSSR count). The van der Waals surface area contributed by atoms with Gasteiger partial charge < -0.3 is 131 Å². The second kappa shape index (κ2) is 41.3. The summed E-state index contributed by atoms with van der Waals surface area (Å²) in [6.07, 6.45) is 1.19. The van der Waals surface area contributed by atoms with Gasteiger partial charge in [-0.25, -0.2) is 19.2 Å². The molecule has 0 saturated carbocycles. The number of hydrogen-bond acceptors (Lipinski definition) is 33. The highest BCUT2D eigenvalue weighted by Gasteiger charge is 2.29. The summed E-state index contributed by atoms with van der Waals surface area (Å²) < 4.78 is 128. The quantitative estimate of drug-likeness (QED) is 0.0225. The smallest absolute Gasteiger partial charge is 0.374 e. The maximum absolute atomic E-state index is 12.3. The molecule has 5 fully saturated rings. The number of rotatable bonds is 21. The summed E-state index contributed by atoms with van der Waals surface area (Å²) in [5.74, 6) is 4.00. The van der Waals surface area contributed by atoms with Crippen LogP contribution >= 0.6 is 0 Å². The molecule has 10 aromatic heterocycles. The number of carbonyl (C=O) groups excluding carboxylic acids is 5. The van der Waals surface area contributed by atoms with Gasteiger partial charge in [-0.3, -0.25) is 4.79 Å². The summed E-state index contributed by atoms with van der Waals surface area (Å²) >= 11 is 0. The topological polar surface area (TPSA) is 427 Å². The number of aliphatic hydroxyl groups is 4. The molecular formula is C72H78O33. The first kappa shape index (κ1) is 78.9. The molecule has 0 radical (unpaired) electrons. The summed E-state index contributed by atoms with van der Waals surface area (Å²) in [5, 5.41) is 30.5. The van der Waals surface area contributed by atoms with Crippen molar-refractivity contribution in [1.82, 2.24) is 0 Å². The number of esters is 4. The van der Waals surface area contributed by atoms with Crippen LogP contribution in [0.5, 0.6) is 0 Å². The van der Waals surface area contributed by atoms with Crippen molar-refractivity contribution >= 4 is 30.2 Å². The summed E-state index contributed by atoms with van der Waals surface area (Å²) in [5.41, 5.74) is 0. The molecule has 5 saturated heterocycles. The molecule has 0 unspecified atom stereocenters. The van der Waals surface area contributed by atoms with E-state index in [1.165, 1.54) is 54.8 Å². The third kappa shape index (κ3) is 23.9. The third-order valence-electron chi connectivity index (χ3n) is 13.6. The Kier molecular flexibility index (Phi) is 31.1. The Morgan fingerprint density at radius 1 is 0.343 bits per heavy atom. The van der Waals surface area contributed by atoms with Gasteiger partial charge in [0.2, 0.25) is 54.5 Å². The Morgan fingerprint density at radius 3 is 0.838 bits per heavy atom. The number of aliphatic hydroxyl groups excluding tert-OH is 4.